The van der Waals surface area contributed by atoms with Crippen molar-refractivity contribution in [1.29, 1.82) is 0 Å². The van der Waals surface area contributed by atoms with Crippen LogP contribution in [-0.2, 0) is 4.79 Å². The van der Waals surface area contributed by atoms with Crippen molar-refractivity contribution in [3.8, 4) is 17.2 Å². The second kappa shape index (κ2) is 8.54. The molecule has 1 aromatic heterocycles. The fourth-order valence-corrected chi connectivity index (χ4v) is 3.67. The van der Waals surface area contributed by atoms with Gasteiger partial charge in [-0.25, -0.2) is 4.98 Å². The quantitative estimate of drug-likeness (QED) is 0.295. The van der Waals surface area contributed by atoms with Gasteiger partial charge in [-0.15, -0.1) is 0 Å². The van der Waals surface area contributed by atoms with E-state index in [1.807, 2.05) is 49.4 Å². The molecule has 1 heterocycles. The molecule has 0 unspecified atom stereocenters. The molecular formula is C22H16BrIN2O3. The van der Waals surface area contributed by atoms with Gasteiger partial charge in [0.15, 0.2) is 12.2 Å². The van der Waals surface area contributed by atoms with Crippen LogP contribution in [0.5, 0.6) is 5.75 Å². The molecule has 0 spiro atoms. The molecule has 0 aliphatic carbocycles. The molecule has 0 atom stereocenters. The molecule has 0 saturated carbocycles. The summed E-state index contributed by atoms with van der Waals surface area (Å²) in [4.78, 5) is 16.8. The van der Waals surface area contributed by atoms with E-state index in [4.69, 9.17) is 9.15 Å². The molecule has 4 rings (SSSR count). The van der Waals surface area contributed by atoms with E-state index in [9.17, 15) is 4.79 Å². The van der Waals surface area contributed by atoms with E-state index >= 15 is 0 Å². The number of halogens is 2. The van der Waals surface area contributed by atoms with E-state index in [0.29, 0.717) is 28.4 Å². The molecule has 1 amide bonds. The van der Waals surface area contributed by atoms with Crippen molar-refractivity contribution in [2.75, 3.05) is 11.9 Å². The lowest BCUT2D eigenvalue weighted by Crippen LogP contribution is -2.20. The van der Waals surface area contributed by atoms with Crippen LogP contribution in [0.2, 0.25) is 0 Å². The van der Waals surface area contributed by atoms with Gasteiger partial charge in [0.1, 0.15) is 11.3 Å². The van der Waals surface area contributed by atoms with Crippen LogP contribution in [0, 0.1) is 10.5 Å². The number of oxazole rings is 1. The van der Waals surface area contributed by atoms with E-state index in [0.717, 1.165) is 19.2 Å². The fourth-order valence-electron chi connectivity index (χ4n) is 2.76. The Morgan fingerprint density at radius 2 is 1.93 bits per heavy atom. The maximum Gasteiger partial charge on any atom is 0.262 e. The Balaban J connectivity index is 1.48. The highest BCUT2D eigenvalue weighted by molar-refractivity contribution is 14.1. The zero-order chi connectivity index (χ0) is 20.4. The largest absolute Gasteiger partial charge is 0.484 e. The van der Waals surface area contributed by atoms with E-state index < -0.39 is 0 Å². The number of carbonyl (C=O) groups is 1. The van der Waals surface area contributed by atoms with Crippen LogP contribution in [0.3, 0.4) is 0 Å². The summed E-state index contributed by atoms with van der Waals surface area (Å²) in [5.74, 6) is 0.941. The standard InChI is InChI=1S/C22H16BrIN2O3/c1-13-2-6-16(7-3-13)28-12-21(27)25-15-5-9-20-19(11-15)26-22(29-20)17-10-14(24)4-8-18(17)23/h2-11H,12H2,1H3,(H,25,27). The molecule has 0 aliphatic heterocycles. The summed E-state index contributed by atoms with van der Waals surface area (Å²) >= 11 is 5.79. The molecular weight excluding hydrogens is 547 g/mol. The van der Waals surface area contributed by atoms with Gasteiger partial charge in [-0.3, -0.25) is 4.79 Å². The van der Waals surface area contributed by atoms with Crippen molar-refractivity contribution >= 4 is 61.2 Å². The normalized spacial score (nSPS) is 10.9. The minimum absolute atomic E-state index is 0.0689. The number of benzene rings is 3. The molecule has 0 radical (unpaired) electrons. The number of aryl methyl sites for hydroxylation is 1. The molecule has 4 aromatic rings. The molecule has 5 nitrogen and oxygen atoms in total. The highest BCUT2D eigenvalue weighted by atomic mass is 127. The highest BCUT2D eigenvalue weighted by Crippen LogP contribution is 2.32. The number of anilines is 1. The van der Waals surface area contributed by atoms with Gasteiger partial charge in [-0.05, 0) is 94.0 Å². The summed E-state index contributed by atoms with van der Waals surface area (Å²) in [5.41, 5.74) is 3.98. The Hall–Kier alpha value is -2.39. The van der Waals surface area contributed by atoms with Crippen molar-refractivity contribution in [3.05, 3.63) is 74.3 Å². The maximum absolute atomic E-state index is 12.2. The molecule has 0 aliphatic rings. The summed E-state index contributed by atoms with van der Waals surface area (Å²) in [6.45, 7) is 1.93. The summed E-state index contributed by atoms with van der Waals surface area (Å²) in [5, 5.41) is 2.83. The Kier molecular flexibility index (Phi) is 5.86. The second-order valence-electron chi connectivity index (χ2n) is 6.48. The van der Waals surface area contributed by atoms with Gasteiger partial charge in [0.25, 0.3) is 5.91 Å². The zero-order valence-electron chi connectivity index (χ0n) is 15.4. The minimum atomic E-state index is -0.242. The monoisotopic (exact) mass is 562 g/mol. The number of hydrogen-bond donors (Lipinski definition) is 1. The van der Waals surface area contributed by atoms with E-state index in [1.54, 1.807) is 18.2 Å². The zero-order valence-corrected chi connectivity index (χ0v) is 19.2. The van der Waals surface area contributed by atoms with Crippen molar-refractivity contribution in [2.45, 2.75) is 6.92 Å². The maximum atomic E-state index is 12.2. The van der Waals surface area contributed by atoms with Gasteiger partial charge in [-0.2, -0.15) is 0 Å². The molecule has 7 heteroatoms. The number of nitrogens with zero attached hydrogens (tertiary/aromatic N) is 1. The first-order chi connectivity index (χ1) is 14.0. The Labute approximate surface area is 189 Å². The molecule has 0 bridgehead atoms. The number of fused-ring (bicyclic) bond motifs is 1. The van der Waals surface area contributed by atoms with Crippen LogP contribution in [0.1, 0.15) is 5.56 Å². The number of carbonyl (C=O) groups excluding carboxylic acids is 1. The third kappa shape index (κ3) is 4.79. The Morgan fingerprint density at radius 3 is 2.72 bits per heavy atom. The van der Waals surface area contributed by atoms with Crippen molar-refractivity contribution in [3.63, 3.8) is 0 Å². The minimum Gasteiger partial charge on any atom is -0.484 e. The smallest absolute Gasteiger partial charge is 0.262 e. The van der Waals surface area contributed by atoms with Gasteiger partial charge in [0.2, 0.25) is 5.89 Å². The lowest BCUT2D eigenvalue weighted by molar-refractivity contribution is -0.118. The average Bonchev–Trinajstić information content (AvgIpc) is 3.12. The van der Waals surface area contributed by atoms with E-state index in [1.165, 1.54) is 0 Å². The number of aromatic nitrogens is 1. The summed E-state index contributed by atoms with van der Waals surface area (Å²) in [6, 6.07) is 18.9. The summed E-state index contributed by atoms with van der Waals surface area (Å²) in [7, 11) is 0. The van der Waals surface area contributed by atoms with Gasteiger partial charge in [0.05, 0.1) is 5.56 Å². The molecule has 0 saturated heterocycles. The van der Waals surface area contributed by atoms with Crippen molar-refractivity contribution in [1.82, 2.24) is 4.98 Å². The van der Waals surface area contributed by atoms with Crippen LogP contribution in [0.15, 0.2) is 69.6 Å². The van der Waals surface area contributed by atoms with Gasteiger partial charge in [-0.1, -0.05) is 17.7 Å². The van der Waals surface area contributed by atoms with E-state index in [2.05, 4.69) is 48.8 Å². The lowest BCUT2D eigenvalue weighted by Gasteiger charge is -2.07. The van der Waals surface area contributed by atoms with Crippen LogP contribution >= 0.6 is 38.5 Å². The third-order valence-corrected chi connectivity index (χ3v) is 5.58. The van der Waals surface area contributed by atoms with Crippen molar-refractivity contribution < 1.29 is 13.9 Å². The first-order valence-electron chi connectivity index (χ1n) is 8.83. The van der Waals surface area contributed by atoms with Gasteiger partial charge >= 0.3 is 0 Å². The predicted octanol–water partition coefficient (Wildman–Crippen LogP) is 6.19. The highest BCUT2D eigenvalue weighted by Gasteiger charge is 2.13. The average molecular weight is 563 g/mol. The number of ether oxygens (including phenoxy) is 1. The SMILES string of the molecule is Cc1ccc(OCC(=O)Nc2ccc3oc(-c4cc(I)ccc4Br)nc3c2)cc1. The molecule has 3 aromatic carbocycles. The van der Waals surface area contributed by atoms with Gasteiger partial charge in [0, 0.05) is 13.7 Å². The fraction of sp³-hybridized carbons (Fsp3) is 0.0909. The predicted molar refractivity (Wildman–Crippen MR) is 125 cm³/mol. The number of rotatable bonds is 5. The summed E-state index contributed by atoms with van der Waals surface area (Å²) in [6.07, 6.45) is 0. The van der Waals surface area contributed by atoms with Crippen LogP contribution in [-0.4, -0.2) is 17.5 Å². The Bertz CT molecular complexity index is 1190. The number of nitrogens with one attached hydrogen (secondary N) is 1. The van der Waals surface area contributed by atoms with E-state index in [-0.39, 0.29) is 12.5 Å². The van der Waals surface area contributed by atoms with Crippen LogP contribution < -0.4 is 10.1 Å². The summed E-state index contributed by atoms with van der Waals surface area (Å²) < 4.78 is 13.4. The first-order valence-corrected chi connectivity index (χ1v) is 10.7. The third-order valence-electron chi connectivity index (χ3n) is 4.22. The lowest BCUT2D eigenvalue weighted by atomic mass is 10.2. The van der Waals surface area contributed by atoms with Crippen LogP contribution in [0.4, 0.5) is 5.69 Å². The molecule has 1 N–H and O–H groups in total. The first kappa shape index (κ1) is 19.9. The molecule has 29 heavy (non-hydrogen) atoms. The second-order valence-corrected chi connectivity index (χ2v) is 8.58. The topological polar surface area (TPSA) is 64.4 Å². The Morgan fingerprint density at radius 1 is 1.14 bits per heavy atom. The molecule has 0 fully saturated rings. The van der Waals surface area contributed by atoms with Gasteiger partial charge < -0.3 is 14.5 Å². The van der Waals surface area contributed by atoms with Crippen molar-refractivity contribution in [2.24, 2.45) is 0 Å². The number of hydrogen-bond acceptors (Lipinski definition) is 4. The molecule has 146 valence electrons. The van der Waals surface area contributed by atoms with Crippen LogP contribution in [0.25, 0.3) is 22.6 Å². The number of amides is 1.